The SMILES string of the molecule is COC(=O)c1cc(Br)cc(Br)c1NCc1cncc(Br)c1. The van der Waals surface area contributed by atoms with E-state index in [0.717, 1.165) is 19.0 Å². The van der Waals surface area contributed by atoms with Gasteiger partial charge in [0.15, 0.2) is 0 Å². The molecule has 1 aromatic heterocycles. The van der Waals surface area contributed by atoms with E-state index < -0.39 is 5.97 Å². The normalized spacial score (nSPS) is 10.3. The standard InChI is InChI=1S/C14H11Br3N2O2/c1-21-14(20)11-3-9(15)4-12(17)13(11)19-6-8-2-10(16)7-18-5-8/h2-5,7,19H,6H2,1H3. The first-order valence-electron chi connectivity index (χ1n) is 5.92. The summed E-state index contributed by atoms with van der Waals surface area (Å²) in [7, 11) is 1.36. The molecule has 0 atom stereocenters. The molecule has 21 heavy (non-hydrogen) atoms. The predicted octanol–water partition coefficient (Wildman–Crippen LogP) is 4.77. The van der Waals surface area contributed by atoms with Crippen LogP contribution in [-0.4, -0.2) is 18.1 Å². The number of hydrogen-bond donors (Lipinski definition) is 1. The van der Waals surface area contributed by atoms with Gasteiger partial charge in [0.1, 0.15) is 0 Å². The van der Waals surface area contributed by atoms with E-state index in [1.165, 1.54) is 7.11 Å². The fourth-order valence-electron chi connectivity index (χ4n) is 1.77. The summed E-state index contributed by atoms with van der Waals surface area (Å²) in [6.07, 6.45) is 3.49. The molecule has 0 amide bonds. The van der Waals surface area contributed by atoms with Gasteiger partial charge >= 0.3 is 5.97 Å². The van der Waals surface area contributed by atoms with Crippen molar-refractivity contribution in [3.63, 3.8) is 0 Å². The zero-order valence-electron chi connectivity index (χ0n) is 11.0. The predicted molar refractivity (Wildman–Crippen MR) is 92.4 cm³/mol. The number of nitrogens with one attached hydrogen (secondary N) is 1. The van der Waals surface area contributed by atoms with Gasteiger partial charge in [0, 0.05) is 32.4 Å². The van der Waals surface area contributed by atoms with Crippen LogP contribution in [0.1, 0.15) is 15.9 Å². The first-order chi connectivity index (χ1) is 10.0. The van der Waals surface area contributed by atoms with Crippen LogP contribution < -0.4 is 5.32 Å². The Morgan fingerprint density at radius 1 is 1.19 bits per heavy atom. The van der Waals surface area contributed by atoms with Gasteiger partial charge < -0.3 is 10.1 Å². The smallest absolute Gasteiger partial charge is 0.340 e. The second kappa shape index (κ2) is 7.38. The van der Waals surface area contributed by atoms with Crippen LogP contribution in [0.2, 0.25) is 0 Å². The minimum Gasteiger partial charge on any atom is -0.465 e. The lowest BCUT2D eigenvalue weighted by molar-refractivity contribution is 0.0601. The fourth-order valence-corrected chi connectivity index (χ4v) is 3.54. The molecular formula is C14H11Br3N2O2. The molecule has 0 saturated heterocycles. The van der Waals surface area contributed by atoms with Gasteiger partial charge in [0.25, 0.3) is 0 Å². The van der Waals surface area contributed by atoms with Gasteiger partial charge in [-0.25, -0.2) is 4.79 Å². The number of methoxy groups -OCH3 is 1. The molecule has 0 radical (unpaired) electrons. The van der Waals surface area contributed by atoms with Crippen molar-refractivity contribution in [2.24, 2.45) is 0 Å². The minimum atomic E-state index is -0.396. The maximum atomic E-state index is 11.9. The summed E-state index contributed by atoms with van der Waals surface area (Å²) in [5.74, 6) is -0.396. The third-order valence-corrected chi connectivity index (χ3v) is 4.21. The van der Waals surface area contributed by atoms with Crippen molar-refractivity contribution in [1.82, 2.24) is 4.98 Å². The van der Waals surface area contributed by atoms with E-state index in [1.54, 1.807) is 18.5 Å². The van der Waals surface area contributed by atoms with Gasteiger partial charge in [0.2, 0.25) is 0 Å². The largest absolute Gasteiger partial charge is 0.465 e. The van der Waals surface area contributed by atoms with Crippen molar-refractivity contribution in [1.29, 1.82) is 0 Å². The fraction of sp³-hybridized carbons (Fsp3) is 0.143. The molecule has 1 N–H and O–H groups in total. The first-order valence-corrected chi connectivity index (χ1v) is 8.30. The molecule has 1 heterocycles. The number of ether oxygens (including phenoxy) is 1. The Kier molecular flexibility index (Phi) is 5.78. The van der Waals surface area contributed by atoms with E-state index in [-0.39, 0.29) is 0 Å². The summed E-state index contributed by atoms with van der Waals surface area (Å²) in [5, 5.41) is 3.24. The third kappa shape index (κ3) is 4.28. The summed E-state index contributed by atoms with van der Waals surface area (Å²) in [6, 6.07) is 5.55. The Bertz CT molecular complexity index is 677. The van der Waals surface area contributed by atoms with Crippen molar-refractivity contribution in [3.8, 4) is 0 Å². The minimum absolute atomic E-state index is 0.396. The lowest BCUT2D eigenvalue weighted by atomic mass is 10.1. The van der Waals surface area contributed by atoms with Crippen LogP contribution in [0.25, 0.3) is 0 Å². The van der Waals surface area contributed by atoms with Crippen LogP contribution >= 0.6 is 47.8 Å². The summed E-state index contributed by atoms with van der Waals surface area (Å²) < 4.78 is 7.30. The van der Waals surface area contributed by atoms with Crippen molar-refractivity contribution in [2.45, 2.75) is 6.54 Å². The van der Waals surface area contributed by atoms with Crippen LogP contribution in [0, 0.1) is 0 Å². The van der Waals surface area contributed by atoms with E-state index in [0.29, 0.717) is 17.8 Å². The quantitative estimate of drug-likeness (QED) is 0.643. The van der Waals surface area contributed by atoms with E-state index in [9.17, 15) is 4.79 Å². The Hall–Kier alpha value is -0.920. The number of halogens is 3. The second-order valence-electron chi connectivity index (χ2n) is 4.17. The van der Waals surface area contributed by atoms with E-state index in [2.05, 4.69) is 58.1 Å². The monoisotopic (exact) mass is 476 g/mol. The zero-order chi connectivity index (χ0) is 15.4. The van der Waals surface area contributed by atoms with Gasteiger partial charge in [-0.2, -0.15) is 0 Å². The molecule has 0 unspecified atom stereocenters. The number of anilines is 1. The van der Waals surface area contributed by atoms with Gasteiger partial charge in [-0.3, -0.25) is 4.98 Å². The number of pyridine rings is 1. The maximum Gasteiger partial charge on any atom is 0.340 e. The molecule has 0 bridgehead atoms. The molecule has 0 aliphatic rings. The lowest BCUT2D eigenvalue weighted by Gasteiger charge is -2.13. The molecule has 7 heteroatoms. The molecule has 110 valence electrons. The first kappa shape index (κ1) is 16.5. The van der Waals surface area contributed by atoms with Crippen molar-refractivity contribution >= 4 is 59.4 Å². The van der Waals surface area contributed by atoms with E-state index >= 15 is 0 Å². The highest BCUT2D eigenvalue weighted by molar-refractivity contribution is 9.11. The van der Waals surface area contributed by atoms with Crippen molar-refractivity contribution in [3.05, 3.63) is 55.1 Å². The lowest BCUT2D eigenvalue weighted by Crippen LogP contribution is -2.09. The topological polar surface area (TPSA) is 51.2 Å². The van der Waals surface area contributed by atoms with Crippen molar-refractivity contribution < 1.29 is 9.53 Å². The van der Waals surface area contributed by atoms with Crippen LogP contribution in [-0.2, 0) is 11.3 Å². The highest BCUT2D eigenvalue weighted by Crippen LogP contribution is 2.31. The number of aromatic nitrogens is 1. The molecule has 2 rings (SSSR count). The molecule has 2 aromatic rings. The van der Waals surface area contributed by atoms with Gasteiger partial charge in [-0.05, 0) is 55.6 Å². The average Bonchev–Trinajstić information content (AvgIpc) is 2.45. The number of nitrogens with zero attached hydrogens (tertiary/aromatic N) is 1. The van der Waals surface area contributed by atoms with E-state index in [4.69, 9.17) is 4.74 Å². The summed E-state index contributed by atoms with van der Waals surface area (Å²) in [5.41, 5.74) is 2.14. The number of hydrogen-bond acceptors (Lipinski definition) is 4. The molecule has 0 saturated carbocycles. The number of rotatable bonds is 4. The van der Waals surface area contributed by atoms with Crippen LogP contribution in [0.15, 0.2) is 44.0 Å². The average molecular weight is 479 g/mol. The van der Waals surface area contributed by atoms with E-state index in [1.807, 2.05) is 12.1 Å². The molecule has 0 aliphatic heterocycles. The van der Waals surface area contributed by atoms with Crippen molar-refractivity contribution in [2.75, 3.05) is 12.4 Å². The van der Waals surface area contributed by atoms with Crippen LogP contribution in [0.3, 0.4) is 0 Å². The summed E-state index contributed by atoms with van der Waals surface area (Å²) >= 11 is 10.2. The number of carbonyl (C=O) groups excluding carboxylic acids is 1. The Balaban J connectivity index is 2.28. The van der Waals surface area contributed by atoms with Gasteiger partial charge in [-0.1, -0.05) is 15.9 Å². The van der Waals surface area contributed by atoms with Crippen LogP contribution in [0.5, 0.6) is 0 Å². The maximum absolute atomic E-state index is 11.9. The summed E-state index contributed by atoms with van der Waals surface area (Å²) in [4.78, 5) is 16.0. The molecule has 1 aromatic carbocycles. The highest BCUT2D eigenvalue weighted by atomic mass is 79.9. The Morgan fingerprint density at radius 3 is 2.62 bits per heavy atom. The Labute approximate surface area is 147 Å². The summed E-state index contributed by atoms with van der Waals surface area (Å²) in [6.45, 7) is 0.538. The van der Waals surface area contributed by atoms with Gasteiger partial charge in [0.05, 0.1) is 18.4 Å². The molecule has 0 aliphatic carbocycles. The molecule has 0 spiro atoms. The zero-order valence-corrected chi connectivity index (χ0v) is 15.7. The Morgan fingerprint density at radius 2 is 1.95 bits per heavy atom. The molecule has 0 fully saturated rings. The second-order valence-corrected chi connectivity index (χ2v) is 6.85. The number of esters is 1. The third-order valence-electron chi connectivity index (χ3n) is 2.69. The number of carbonyl (C=O) groups is 1. The molecule has 4 nitrogen and oxygen atoms in total. The molecular weight excluding hydrogens is 468 g/mol. The van der Waals surface area contributed by atoms with Crippen LogP contribution in [0.4, 0.5) is 5.69 Å². The highest BCUT2D eigenvalue weighted by Gasteiger charge is 2.16. The van der Waals surface area contributed by atoms with Gasteiger partial charge in [-0.15, -0.1) is 0 Å². The number of benzene rings is 1.